The van der Waals surface area contributed by atoms with Crippen LogP contribution in [0.2, 0.25) is 0 Å². The molecule has 0 heterocycles. The van der Waals surface area contributed by atoms with Crippen LogP contribution in [0.4, 0.5) is 0 Å². The minimum Gasteiger partial charge on any atom is -0.394 e. The second kappa shape index (κ2) is 7.11. The zero-order valence-corrected chi connectivity index (χ0v) is 18.6. The molecule has 0 bridgehead atoms. The first kappa shape index (κ1) is 20.4. The van der Waals surface area contributed by atoms with E-state index >= 15 is 0 Å². The smallest absolute Gasteiger partial charge is 0.139 e. The third-order valence-electron chi connectivity index (χ3n) is 9.71. The highest BCUT2D eigenvalue weighted by Crippen LogP contribution is 2.67. The average molecular weight is 389 g/mol. The van der Waals surface area contributed by atoms with E-state index in [1.54, 1.807) is 0 Å². The summed E-state index contributed by atoms with van der Waals surface area (Å²) in [5.74, 6) is 3.40. The van der Waals surface area contributed by atoms with E-state index in [0.29, 0.717) is 29.6 Å². The van der Waals surface area contributed by atoms with Gasteiger partial charge in [-0.1, -0.05) is 32.9 Å². The van der Waals surface area contributed by atoms with Crippen LogP contribution in [0.15, 0.2) is 5.16 Å². The maximum Gasteiger partial charge on any atom is 0.139 e. The number of oxime groups is 1. The molecule has 1 unspecified atom stereocenters. The molecule has 158 valence electrons. The highest BCUT2D eigenvalue weighted by Gasteiger charge is 2.62. The first-order chi connectivity index (χ1) is 13.2. The maximum absolute atomic E-state index is 12.6. The van der Waals surface area contributed by atoms with E-state index in [0.717, 1.165) is 44.1 Å². The molecule has 28 heavy (non-hydrogen) atoms. The molecule has 4 nitrogen and oxygen atoms in total. The lowest BCUT2D eigenvalue weighted by Gasteiger charge is -2.63. The van der Waals surface area contributed by atoms with E-state index < -0.39 is 0 Å². The van der Waals surface area contributed by atoms with Crippen molar-refractivity contribution < 1.29 is 9.63 Å². The van der Waals surface area contributed by atoms with Crippen molar-refractivity contribution in [1.82, 2.24) is 5.32 Å². The van der Waals surface area contributed by atoms with Crippen molar-refractivity contribution in [2.45, 2.75) is 79.1 Å². The van der Waals surface area contributed by atoms with E-state index in [9.17, 15) is 4.79 Å². The third-order valence-corrected chi connectivity index (χ3v) is 9.71. The summed E-state index contributed by atoms with van der Waals surface area (Å²) in [6, 6.07) is 0. The normalized spacial score (nSPS) is 46.0. The van der Waals surface area contributed by atoms with Crippen LogP contribution in [0.1, 0.15) is 79.1 Å². The molecule has 4 aliphatic rings. The lowest BCUT2D eigenvalue weighted by Crippen LogP contribution is -2.58. The van der Waals surface area contributed by atoms with E-state index in [4.69, 9.17) is 4.84 Å². The number of ketones is 1. The summed E-state index contributed by atoms with van der Waals surface area (Å²) in [7, 11) is 1.94. The van der Waals surface area contributed by atoms with Gasteiger partial charge in [0.2, 0.25) is 0 Å². The highest BCUT2D eigenvalue weighted by molar-refractivity contribution is 5.90. The largest absolute Gasteiger partial charge is 0.394 e. The van der Waals surface area contributed by atoms with Gasteiger partial charge in [0.1, 0.15) is 12.4 Å². The Labute approximate surface area is 171 Å². The summed E-state index contributed by atoms with van der Waals surface area (Å²) in [5, 5.41) is 7.72. The Kier molecular flexibility index (Phi) is 5.17. The predicted molar refractivity (Wildman–Crippen MR) is 113 cm³/mol. The van der Waals surface area contributed by atoms with Crippen LogP contribution in [-0.4, -0.2) is 31.7 Å². The predicted octanol–water partition coefficient (Wildman–Crippen LogP) is 4.83. The van der Waals surface area contributed by atoms with Crippen LogP contribution in [0, 0.1) is 39.9 Å². The van der Waals surface area contributed by atoms with Gasteiger partial charge in [-0.15, -0.1) is 0 Å². The fraction of sp³-hybridized carbons (Fsp3) is 0.917. The van der Waals surface area contributed by atoms with Gasteiger partial charge >= 0.3 is 0 Å². The molecule has 4 saturated carbocycles. The molecule has 0 radical (unpaired) electrons. The molecule has 6 atom stereocenters. The molecular formula is C24H40N2O2. The van der Waals surface area contributed by atoms with Crippen molar-refractivity contribution in [3.05, 3.63) is 0 Å². The van der Waals surface area contributed by atoms with Crippen LogP contribution < -0.4 is 5.32 Å². The molecule has 0 aliphatic heterocycles. The van der Waals surface area contributed by atoms with E-state index in [1.165, 1.54) is 31.4 Å². The van der Waals surface area contributed by atoms with Crippen LogP contribution in [-0.2, 0) is 9.63 Å². The molecular weight excluding hydrogens is 348 g/mol. The second-order valence-corrected chi connectivity index (χ2v) is 11.1. The summed E-state index contributed by atoms with van der Waals surface area (Å²) in [4.78, 5) is 18.3. The number of carbonyl (C=O) groups is 1. The molecule has 0 aromatic heterocycles. The summed E-state index contributed by atoms with van der Waals surface area (Å²) in [5.41, 5.74) is 1.73. The summed E-state index contributed by atoms with van der Waals surface area (Å²) in [6.45, 7) is 11.1. The number of nitrogens with one attached hydrogen (secondary N) is 1. The van der Waals surface area contributed by atoms with Gasteiger partial charge in [0, 0.05) is 23.8 Å². The minimum atomic E-state index is -0.0116. The Morgan fingerprint density at radius 3 is 2.57 bits per heavy atom. The number of hydrogen-bond acceptors (Lipinski definition) is 4. The molecule has 4 fully saturated rings. The van der Waals surface area contributed by atoms with Crippen molar-refractivity contribution in [2.75, 3.05) is 20.2 Å². The first-order valence-electron chi connectivity index (χ1n) is 11.6. The van der Waals surface area contributed by atoms with Crippen molar-refractivity contribution in [2.24, 2.45) is 45.1 Å². The van der Waals surface area contributed by atoms with Crippen molar-refractivity contribution in [3.8, 4) is 0 Å². The van der Waals surface area contributed by atoms with Gasteiger partial charge in [0.15, 0.2) is 0 Å². The number of nitrogens with zero attached hydrogens (tertiary/aromatic N) is 1. The van der Waals surface area contributed by atoms with E-state index in [1.807, 2.05) is 7.05 Å². The van der Waals surface area contributed by atoms with Gasteiger partial charge in [-0.2, -0.15) is 0 Å². The Morgan fingerprint density at radius 1 is 1.04 bits per heavy atom. The Bertz CT molecular complexity index is 657. The average Bonchev–Trinajstić information content (AvgIpc) is 2.95. The Balaban J connectivity index is 1.56. The zero-order chi connectivity index (χ0) is 20.2. The van der Waals surface area contributed by atoms with Gasteiger partial charge in [0.25, 0.3) is 0 Å². The minimum absolute atomic E-state index is 0.0116. The lowest BCUT2D eigenvalue weighted by atomic mass is 9.41. The number of fused-ring (bicyclic) bond motifs is 5. The highest BCUT2D eigenvalue weighted by atomic mass is 16.6. The van der Waals surface area contributed by atoms with Crippen LogP contribution in [0.3, 0.4) is 0 Å². The molecule has 4 heteroatoms. The van der Waals surface area contributed by atoms with Crippen molar-refractivity contribution in [1.29, 1.82) is 0 Å². The van der Waals surface area contributed by atoms with Gasteiger partial charge in [-0.3, -0.25) is 4.79 Å². The third kappa shape index (κ3) is 2.88. The monoisotopic (exact) mass is 388 g/mol. The number of likely N-dealkylation sites (N-methyl/N-ethyl adjacent to an activating group) is 1. The number of hydrogen-bond donors (Lipinski definition) is 1. The van der Waals surface area contributed by atoms with Gasteiger partial charge < -0.3 is 10.2 Å². The molecule has 1 N–H and O–H groups in total. The van der Waals surface area contributed by atoms with Gasteiger partial charge in [-0.05, 0) is 81.1 Å². The molecule has 0 spiro atoms. The van der Waals surface area contributed by atoms with Gasteiger partial charge in [-0.25, -0.2) is 0 Å². The molecule has 4 rings (SSSR count). The van der Waals surface area contributed by atoms with Crippen LogP contribution >= 0.6 is 0 Å². The van der Waals surface area contributed by atoms with Crippen molar-refractivity contribution >= 4 is 11.5 Å². The van der Waals surface area contributed by atoms with Crippen LogP contribution in [0.5, 0.6) is 0 Å². The molecule has 0 aromatic carbocycles. The van der Waals surface area contributed by atoms with Crippen LogP contribution in [0.25, 0.3) is 0 Å². The number of carbonyl (C=O) groups excluding carboxylic acids is 1. The quantitative estimate of drug-likeness (QED) is 0.554. The number of rotatable bonds is 4. The first-order valence-corrected chi connectivity index (χ1v) is 11.6. The molecule has 0 aromatic rings. The fourth-order valence-electron chi connectivity index (χ4n) is 8.12. The zero-order valence-electron chi connectivity index (χ0n) is 18.6. The van der Waals surface area contributed by atoms with Crippen molar-refractivity contribution in [3.63, 3.8) is 0 Å². The Morgan fingerprint density at radius 2 is 1.82 bits per heavy atom. The maximum atomic E-state index is 12.6. The number of Topliss-reactive ketones (excluding diaryl/α,β-unsaturated/α-hetero) is 1. The second-order valence-electron chi connectivity index (χ2n) is 11.1. The van der Waals surface area contributed by atoms with Gasteiger partial charge in [0.05, 0.1) is 5.71 Å². The van der Waals surface area contributed by atoms with E-state index in [-0.39, 0.29) is 10.8 Å². The topological polar surface area (TPSA) is 50.7 Å². The molecule has 4 aliphatic carbocycles. The molecule has 0 amide bonds. The molecule has 0 saturated heterocycles. The summed E-state index contributed by atoms with van der Waals surface area (Å²) in [6.07, 6.45) is 9.21. The lowest BCUT2D eigenvalue weighted by molar-refractivity contribution is -0.141. The summed E-state index contributed by atoms with van der Waals surface area (Å²) >= 11 is 0. The van der Waals surface area contributed by atoms with E-state index in [2.05, 4.69) is 38.2 Å². The summed E-state index contributed by atoms with van der Waals surface area (Å²) < 4.78 is 0. The SMILES string of the molecule is CNCCO/N=C1\CC[C@@]2(C)C(CC[C@@H]3[C@@H]2CC[C@]2(C)C(=O)CC[C@@H]32)C1(C)C. The Hall–Kier alpha value is -0.900. The standard InChI is InChI=1S/C24H40N2O2/c1-22(2)19-8-6-16-17-7-9-21(27)24(17,4)12-10-18(16)23(19,3)13-11-20(22)26-28-15-14-25-5/h16-19,25H,6-15H2,1-5H3/b26-20+/t16-,17-,18-,19?,23+,24-/m0/s1. The fourth-order valence-corrected chi connectivity index (χ4v) is 8.12.